The lowest BCUT2D eigenvalue weighted by molar-refractivity contribution is 0.0690. The number of benzene rings is 1. The first-order valence-corrected chi connectivity index (χ1v) is 10.8. The number of hydrazone groups is 1. The molecule has 0 bridgehead atoms. The predicted molar refractivity (Wildman–Crippen MR) is 114 cm³/mol. The summed E-state index contributed by atoms with van der Waals surface area (Å²) in [7, 11) is 0. The van der Waals surface area contributed by atoms with Crippen LogP contribution in [0.2, 0.25) is 5.02 Å². The van der Waals surface area contributed by atoms with E-state index in [2.05, 4.69) is 16.1 Å². The van der Waals surface area contributed by atoms with Gasteiger partial charge in [0, 0.05) is 11.5 Å². The van der Waals surface area contributed by atoms with E-state index in [-0.39, 0.29) is 17.7 Å². The zero-order chi connectivity index (χ0) is 20.8. The van der Waals surface area contributed by atoms with Crippen LogP contribution in [-0.2, 0) is 6.42 Å². The van der Waals surface area contributed by atoms with Gasteiger partial charge in [0.15, 0.2) is 0 Å². The molecule has 3 aliphatic rings. The molecule has 2 aliphatic carbocycles. The molecule has 0 amide bonds. The Labute approximate surface area is 179 Å². The molecule has 2 aromatic rings. The molecule has 1 N–H and O–H groups in total. The number of halogens is 1. The number of hydrogen-bond acceptors (Lipinski definition) is 5. The highest BCUT2D eigenvalue weighted by Crippen LogP contribution is 2.44. The minimum Gasteiger partial charge on any atom is -0.477 e. The molecule has 2 heterocycles. The lowest BCUT2D eigenvalue weighted by Crippen LogP contribution is -2.40. The van der Waals surface area contributed by atoms with Gasteiger partial charge in [-0.2, -0.15) is 10.4 Å². The van der Waals surface area contributed by atoms with Crippen LogP contribution >= 0.6 is 11.6 Å². The quantitative estimate of drug-likeness (QED) is 0.780. The molecule has 1 aromatic carbocycles. The first kappa shape index (κ1) is 19.1. The number of fused-ring (bicyclic) bond motifs is 3. The second-order valence-corrected chi connectivity index (χ2v) is 8.69. The van der Waals surface area contributed by atoms with Crippen LogP contribution in [0, 0.1) is 23.2 Å². The van der Waals surface area contributed by atoms with Gasteiger partial charge < -0.3 is 5.11 Å². The summed E-state index contributed by atoms with van der Waals surface area (Å²) >= 11 is 6.33. The second-order valence-electron chi connectivity index (χ2n) is 8.28. The summed E-state index contributed by atoms with van der Waals surface area (Å²) in [6.07, 6.45) is 6.52. The van der Waals surface area contributed by atoms with Gasteiger partial charge in [-0.1, -0.05) is 24.4 Å². The molecule has 152 valence electrons. The summed E-state index contributed by atoms with van der Waals surface area (Å²) in [6.45, 7) is 0. The van der Waals surface area contributed by atoms with Gasteiger partial charge in [-0.3, -0.25) is 5.01 Å². The fourth-order valence-electron chi connectivity index (χ4n) is 5.28. The van der Waals surface area contributed by atoms with E-state index < -0.39 is 5.97 Å². The van der Waals surface area contributed by atoms with Gasteiger partial charge in [-0.25, -0.2) is 9.78 Å². The van der Waals surface area contributed by atoms with E-state index in [1.807, 2.05) is 18.2 Å². The van der Waals surface area contributed by atoms with E-state index in [4.69, 9.17) is 16.7 Å². The van der Waals surface area contributed by atoms with Gasteiger partial charge >= 0.3 is 5.97 Å². The molecule has 2 atom stereocenters. The van der Waals surface area contributed by atoms with E-state index >= 15 is 0 Å². The van der Waals surface area contributed by atoms with Gasteiger partial charge in [0.05, 0.1) is 33.7 Å². The Hall–Kier alpha value is -2.91. The molecule has 1 saturated carbocycles. The number of nitriles is 1. The van der Waals surface area contributed by atoms with Crippen LogP contribution in [0.25, 0.3) is 0 Å². The Kier molecular flexibility index (Phi) is 4.71. The van der Waals surface area contributed by atoms with Crippen molar-refractivity contribution in [3.8, 4) is 6.07 Å². The number of carbonyl (C=O) groups is 1. The summed E-state index contributed by atoms with van der Waals surface area (Å²) in [5.41, 5.74) is 4.20. The van der Waals surface area contributed by atoms with Crippen LogP contribution in [0.4, 0.5) is 5.69 Å². The number of pyridine rings is 1. The number of carboxylic acids is 1. The van der Waals surface area contributed by atoms with E-state index in [0.29, 0.717) is 16.5 Å². The zero-order valence-electron chi connectivity index (χ0n) is 16.4. The van der Waals surface area contributed by atoms with Gasteiger partial charge in [0.2, 0.25) is 0 Å². The molecule has 7 heteroatoms. The SMILES string of the molecule is N#Cc1ccc(N2N=C3c4ccc(C(=O)O)nc4CCC3[C@H]2C2CCCC2)cc1Cl. The monoisotopic (exact) mass is 420 g/mol. The number of aromatic carboxylic acids is 1. The Morgan fingerprint density at radius 1 is 1.20 bits per heavy atom. The standard InChI is InChI=1S/C23H21ClN4O2/c24-18-11-15(6-5-14(18)12-25)28-22(13-3-1-2-4-13)17-8-9-19-16(21(17)27-28)7-10-20(26-19)23(29)30/h5-7,10-11,13,17,22H,1-4,8-9H2,(H,29,30)/t17?,22-/m1/s1. The third-order valence-electron chi connectivity index (χ3n) is 6.64. The molecular weight excluding hydrogens is 400 g/mol. The Bertz CT molecular complexity index is 1100. The van der Waals surface area contributed by atoms with Crippen molar-refractivity contribution in [1.29, 1.82) is 5.26 Å². The van der Waals surface area contributed by atoms with Crippen molar-refractivity contribution in [2.75, 3.05) is 5.01 Å². The molecule has 5 rings (SSSR count). The summed E-state index contributed by atoms with van der Waals surface area (Å²) in [5.74, 6) is -0.170. The number of hydrogen-bond donors (Lipinski definition) is 1. The molecule has 1 aliphatic heterocycles. The van der Waals surface area contributed by atoms with Crippen LogP contribution in [0.3, 0.4) is 0 Å². The minimum atomic E-state index is -1.01. The van der Waals surface area contributed by atoms with E-state index in [9.17, 15) is 15.2 Å². The number of anilines is 1. The van der Waals surface area contributed by atoms with Crippen LogP contribution in [0.1, 0.15) is 59.4 Å². The van der Waals surface area contributed by atoms with E-state index in [1.165, 1.54) is 25.7 Å². The van der Waals surface area contributed by atoms with Crippen molar-refractivity contribution >= 4 is 29.0 Å². The van der Waals surface area contributed by atoms with Gasteiger partial charge in [-0.05, 0) is 61.9 Å². The van der Waals surface area contributed by atoms with Crippen molar-refractivity contribution in [2.45, 2.75) is 44.6 Å². The Morgan fingerprint density at radius 2 is 2.00 bits per heavy atom. The zero-order valence-corrected chi connectivity index (χ0v) is 17.1. The van der Waals surface area contributed by atoms with Crippen LogP contribution < -0.4 is 5.01 Å². The van der Waals surface area contributed by atoms with Crippen molar-refractivity contribution < 1.29 is 9.90 Å². The molecule has 6 nitrogen and oxygen atoms in total. The summed E-state index contributed by atoms with van der Waals surface area (Å²) < 4.78 is 0. The normalized spacial score (nSPS) is 22.9. The minimum absolute atomic E-state index is 0.0777. The van der Waals surface area contributed by atoms with E-state index in [1.54, 1.807) is 12.1 Å². The molecule has 30 heavy (non-hydrogen) atoms. The first-order chi connectivity index (χ1) is 14.6. The van der Waals surface area contributed by atoms with Crippen molar-refractivity contribution in [2.24, 2.45) is 16.9 Å². The smallest absolute Gasteiger partial charge is 0.354 e. The van der Waals surface area contributed by atoms with Crippen LogP contribution in [0.15, 0.2) is 35.4 Å². The number of carboxylic acid groups (broad SMARTS) is 1. The maximum Gasteiger partial charge on any atom is 0.354 e. The van der Waals surface area contributed by atoms with E-state index in [0.717, 1.165) is 35.5 Å². The predicted octanol–water partition coefficient (Wildman–Crippen LogP) is 4.65. The van der Waals surface area contributed by atoms with Crippen LogP contribution in [-0.4, -0.2) is 27.8 Å². The fraction of sp³-hybridized carbons (Fsp3) is 0.391. The third kappa shape index (κ3) is 3.05. The number of nitrogens with zero attached hydrogens (tertiary/aromatic N) is 4. The van der Waals surface area contributed by atoms with Gasteiger partial charge in [0.25, 0.3) is 0 Å². The number of aryl methyl sites for hydroxylation is 1. The third-order valence-corrected chi connectivity index (χ3v) is 6.96. The van der Waals surface area contributed by atoms with Gasteiger partial charge in [-0.15, -0.1) is 0 Å². The van der Waals surface area contributed by atoms with Gasteiger partial charge in [0.1, 0.15) is 11.8 Å². The topological polar surface area (TPSA) is 89.6 Å². The first-order valence-electron chi connectivity index (χ1n) is 10.4. The van der Waals surface area contributed by atoms with Crippen molar-refractivity contribution in [3.63, 3.8) is 0 Å². The molecule has 1 aromatic heterocycles. The summed E-state index contributed by atoms with van der Waals surface area (Å²) in [5, 5.41) is 26.1. The molecule has 1 fully saturated rings. The fourth-order valence-corrected chi connectivity index (χ4v) is 5.50. The lowest BCUT2D eigenvalue weighted by atomic mass is 9.76. The maximum absolute atomic E-state index is 11.3. The molecular formula is C23H21ClN4O2. The number of aromatic nitrogens is 1. The van der Waals surface area contributed by atoms with Crippen molar-refractivity contribution in [1.82, 2.24) is 4.98 Å². The highest BCUT2D eigenvalue weighted by molar-refractivity contribution is 6.32. The highest BCUT2D eigenvalue weighted by Gasteiger charge is 2.46. The maximum atomic E-state index is 11.3. The summed E-state index contributed by atoms with van der Waals surface area (Å²) in [4.78, 5) is 15.7. The second kappa shape index (κ2) is 7.41. The summed E-state index contributed by atoms with van der Waals surface area (Å²) in [6, 6.07) is 11.3. The van der Waals surface area contributed by atoms with Crippen molar-refractivity contribution in [3.05, 3.63) is 57.9 Å². The highest BCUT2D eigenvalue weighted by atomic mass is 35.5. The average Bonchev–Trinajstić information content (AvgIpc) is 3.40. The largest absolute Gasteiger partial charge is 0.477 e. The molecule has 0 spiro atoms. The molecule has 0 saturated heterocycles. The van der Waals surface area contributed by atoms with Crippen LogP contribution in [0.5, 0.6) is 0 Å². The molecule has 1 unspecified atom stereocenters. The number of rotatable bonds is 3. The lowest BCUT2D eigenvalue weighted by Gasteiger charge is -2.34. The molecule has 0 radical (unpaired) electrons. The Balaban J connectivity index is 1.59. The average molecular weight is 421 g/mol. The Morgan fingerprint density at radius 3 is 2.70 bits per heavy atom.